The second kappa shape index (κ2) is 12.0. The normalized spacial score (nSPS) is 9.80. The number of rotatable bonds is 8. The van der Waals surface area contributed by atoms with Gasteiger partial charge in [0, 0.05) is 24.9 Å². The molecule has 0 amide bonds. The summed E-state index contributed by atoms with van der Waals surface area (Å²) in [7, 11) is 0. The van der Waals surface area contributed by atoms with Crippen molar-refractivity contribution in [3.05, 3.63) is 58.1 Å². The third-order valence-corrected chi connectivity index (χ3v) is 4.04. The van der Waals surface area contributed by atoms with Crippen LogP contribution in [-0.2, 0) is 0 Å². The molecule has 0 aliphatic rings. The number of ether oxygens (including phenoxy) is 2. The summed E-state index contributed by atoms with van der Waals surface area (Å²) in [5.74, 6) is 1.71. The molecular weight excluding hydrogens is 379 g/mol. The van der Waals surface area contributed by atoms with Crippen molar-refractivity contribution in [2.75, 3.05) is 13.2 Å². The molecule has 2 rings (SSSR count). The van der Waals surface area contributed by atoms with Crippen LogP contribution >= 0.6 is 35.1 Å². The maximum Gasteiger partial charge on any atom is 0.222 e. The van der Waals surface area contributed by atoms with Crippen LogP contribution in [0.5, 0.6) is 17.4 Å². The number of hydrogen-bond donors (Lipinski definition) is 1. The smallest absolute Gasteiger partial charge is 0.222 e. The standard InChI is InChI=1S/C16H16Cl2N2O2S.C2H6/c1-3-23-20-6-7-21-12-4-5-19-16(9-12)22-15-10-14(18)13(17)8-11(15)2;1-2/h3-5,8-10,20H,1,6-7H2,2H3;1-2H3. The Hall–Kier alpha value is -1.40. The first-order valence-electron chi connectivity index (χ1n) is 7.82. The van der Waals surface area contributed by atoms with Gasteiger partial charge in [-0.15, -0.1) is 0 Å². The average Bonchev–Trinajstić information content (AvgIpc) is 2.62. The lowest BCUT2D eigenvalue weighted by atomic mass is 10.2. The molecular formula is C18H22Cl2N2O2S. The third kappa shape index (κ3) is 7.57. The summed E-state index contributed by atoms with van der Waals surface area (Å²) in [6, 6.07) is 6.92. The van der Waals surface area contributed by atoms with Crippen molar-refractivity contribution in [1.82, 2.24) is 9.71 Å². The second-order valence-electron chi connectivity index (χ2n) is 4.49. The number of pyridine rings is 1. The van der Waals surface area contributed by atoms with E-state index in [-0.39, 0.29) is 0 Å². The highest BCUT2D eigenvalue weighted by molar-refractivity contribution is 8.00. The van der Waals surface area contributed by atoms with Gasteiger partial charge in [-0.25, -0.2) is 4.98 Å². The highest BCUT2D eigenvalue weighted by Gasteiger charge is 2.08. The quantitative estimate of drug-likeness (QED) is 0.417. The van der Waals surface area contributed by atoms with Crippen molar-refractivity contribution in [3.63, 3.8) is 0 Å². The molecule has 0 atom stereocenters. The van der Waals surface area contributed by atoms with E-state index >= 15 is 0 Å². The van der Waals surface area contributed by atoms with Crippen LogP contribution in [0.2, 0.25) is 10.0 Å². The van der Waals surface area contributed by atoms with Crippen molar-refractivity contribution < 1.29 is 9.47 Å². The number of aryl methyl sites for hydroxylation is 1. The van der Waals surface area contributed by atoms with Crippen LogP contribution in [0.4, 0.5) is 0 Å². The second-order valence-corrected chi connectivity index (χ2v) is 6.16. The largest absolute Gasteiger partial charge is 0.492 e. The van der Waals surface area contributed by atoms with E-state index in [4.69, 9.17) is 32.7 Å². The van der Waals surface area contributed by atoms with E-state index < -0.39 is 0 Å². The SMILES string of the molecule is C=CSNCCOc1ccnc(Oc2cc(Cl)c(Cl)cc2C)c1.CC. The molecule has 2 aromatic rings. The number of benzene rings is 1. The lowest BCUT2D eigenvalue weighted by Gasteiger charge is -2.11. The van der Waals surface area contributed by atoms with Gasteiger partial charge in [-0.3, -0.25) is 4.72 Å². The molecule has 1 aromatic carbocycles. The molecule has 0 saturated heterocycles. The van der Waals surface area contributed by atoms with Crippen LogP contribution in [0, 0.1) is 6.92 Å². The third-order valence-electron chi connectivity index (χ3n) is 2.78. The highest BCUT2D eigenvalue weighted by Crippen LogP contribution is 2.33. The van der Waals surface area contributed by atoms with Crippen molar-refractivity contribution >= 4 is 35.1 Å². The molecule has 7 heteroatoms. The first-order chi connectivity index (χ1) is 12.1. The van der Waals surface area contributed by atoms with Gasteiger partial charge in [-0.1, -0.05) is 55.6 Å². The first kappa shape index (κ1) is 21.6. The van der Waals surface area contributed by atoms with Crippen LogP contribution in [0.1, 0.15) is 19.4 Å². The zero-order valence-corrected chi connectivity index (χ0v) is 16.8. The minimum Gasteiger partial charge on any atom is -0.492 e. The van der Waals surface area contributed by atoms with Gasteiger partial charge in [-0.2, -0.15) is 0 Å². The maximum absolute atomic E-state index is 6.02. The summed E-state index contributed by atoms with van der Waals surface area (Å²) < 4.78 is 14.5. The van der Waals surface area contributed by atoms with Crippen molar-refractivity contribution in [2.24, 2.45) is 0 Å². The van der Waals surface area contributed by atoms with Gasteiger partial charge in [0.05, 0.1) is 10.0 Å². The summed E-state index contributed by atoms with van der Waals surface area (Å²) in [5, 5.41) is 2.65. The zero-order valence-electron chi connectivity index (χ0n) is 14.5. The van der Waals surface area contributed by atoms with Crippen LogP contribution in [0.3, 0.4) is 0 Å². The fourth-order valence-electron chi connectivity index (χ4n) is 1.72. The monoisotopic (exact) mass is 400 g/mol. The molecule has 0 aliphatic heterocycles. The zero-order chi connectivity index (χ0) is 18.7. The van der Waals surface area contributed by atoms with E-state index in [9.17, 15) is 0 Å². The van der Waals surface area contributed by atoms with Crippen molar-refractivity contribution in [1.29, 1.82) is 0 Å². The maximum atomic E-state index is 6.02. The molecule has 1 N–H and O–H groups in total. The Balaban J connectivity index is 0.00000151. The highest BCUT2D eigenvalue weighted by atomic mass is 35.5. The Bertz CT molecular complexity index is 684. The minimum absolute atomic E-state index is 0.428. The molecule has 0 unspecified atom stereocenters. The topological polar surface area (TPSA) is 43.4 Å². The summed E-state index contributed by atoms with van der Waals surface area (Å²) in [6.07, 6.45) is 1.63. The molecule has 4 nitrogen and oxygen atoms in total. The van der Waals surface area contributed by atoms with Crippen LogP contribution < -0.4 is 14.2 Å². The lowest BCUT2D eigenvalue weighted by Crippen LogP contribution is -2.13. The van der Waals surface area contributed by atoms with Gasteiger partial charge in [0.1, 0.15) is 18.1 Å². The molecule has 1 aromatic heterocycles. The van der Waals surface area contributed by atoms with Gasteiger partial charge < -0.3 is 9.47 Å². The van der Waals surface area contributed by atoms with E-state index in [0.717, 1.165) is 5.56 Å². The van der Waals surface area contributed by atoms with Crippen LogP contribution in [0.15, 0.2) is 42.4 Å². The lowest BCUT2D eigenvalue weighted by molar-refractivity contribution is 0.322. The fraction of sp³-hybridized carbons (Fsp3) is 0.278. The molecule has 0 saturated carbocycles. The number of nitrogens with one attached hydrogen (secondary N) is 1. The molecule has 0 spiro atoms. The van der Waals surface area contributed by atoms with Crippen molar-refractivity contribution in [2.45, 2.75) is 20.8 Å². The molecule has 1 heterocycles. The molecule has 0 bridgehead atoms. The predicted octanol–water partition coefficient (Wildman–Crippen LogP) is 6.28. The molecule has 25 heavy (non-hydrogen) atoms. The Morgan fingerprint density at radius 1 is 1.24 bits per heavy atom. The Morgan fingerprint density at radius 3 is 2.68 bits per heavy atom. The average molecular weight is 401 g/mol. The van der Waals surface area contributed by atoms with Gasteiger partial charge in [0.25, 0.3) is 0 Å². The van der Waals surface area contributed by atoms with Crippen LogP contribution in [0.25, 0.3) is 0 Å². The van der Waals surface area contributed by atoms with Gasteiger partial charge in [-0.05, 0) is 30.0 Å². The van der Waals surface area contributed by atoms with Gasteiger partial charge >= 0.3 is 0 Å². The Morgan fingerprint density at radius 2 is 1.96 bits per heavy atom. The van der Waals surface area contributed by atoms with E-state index in [1.807, 2.05) is 20.8 Å². The van der Waals surface area contributed by atoms with Crippen molar-refractivity contribution in [3.8, 4) is 17.4 Å². The van der Waals surface area contributed by atoms with E-state index in [1.54, 1.807) is 35.9 Å². The van der Waals surface area contributed by atoms with E-state index in [2.05, 4.69) is 16.3 Å². The summed E-state index contributed by atoms with van der Waals surface area (Å²) in [5.41, 5.74) is 0.873. The van der Waals surface area contributed by atoms with E-state index in [1.165, 1.54) is 11.9 Å². The number of nitrogens with zero attached hydrogens (tertiary/aromatic N) is 1. The minimum atomic E-state index is 0.428. The number of hydrogen-bond acceptors (Lipinski definition) is 5. The molecule has 0 fully saturated rings. The molecule has 0 radical (unpaired) electrons. The summed E-state index contributed by atoms with van der Waals surface area (Å²) in [6.45, 7) is 10.7. The Labute approximate surface area is 163 Å². The number of halogens is 2. The Kier molecular flexibility index (Phi) is 10.4. The molecule has 136 valence electrons. The van der Waals surface area contributed by atoms with Crippen LogP contribution in [-0.4, -0.2) is 18.1 Å². The summed E-state index contributed by atoms with van der Waals surface area (Å²) >= 11 is 13.4. The predicted molar refractivity (Wildman–Crippen MR) is 108 cm³/mol. The van der Waals surface area contributed by atoms with Gasteiger partial charge in [0.15, 0.2) is 0 Å². The fourth-order valence-corrected chi connectivity index (χ4v) is 2.41. The molecule has 0 aliphatic carbocycles. The summed E-state index contributed by atoms with van der Waals surface area (Å²) in [4.78, 5) is 4.17. The number of aromatic nitrogens is 1. The van der Waals surface area contributed by atoms with E-state index in [0.29, 0.717) is 40.6 Å². The van der Waals surface area contributed by atoms with Gasteiger partial charge in [0.2, 0.25) is 5.88 Å². The first-order valence-corrected chi connectivity index (χ1v) is 9.45.